The third-order valence-corrected chi connectivity index (χ3v) is 4.14. The molecule has 0 saturated heterocycles. The molecule has 2 heterocycles. The quantitative estimate of drug-likeness (QED) is 0.507. The maximum atomic E-state index is 12.9. The van der Waals surface area contributed by atoms with E-state index in [1.54, 1.807) is 54.6 Å². The first-order valence-corrected chi connectivity index (χ1v) is 8.18. The average Bonchev–Trinajstić information content (AvgIpc) is 3.30. The lowest BCUT2D eigenvalue weighted by Crippen LogP contribution is -2.13. The van der Waals surface area contributed by atoms with Gasteiger partial charge in [0.15, 0.2) is 11.5 Å². The van der Waals surface area contributed by atoms with E-state index in [0.717, 1.165) is 0 Å². The van der Waals surface area contributed by atoms with Crippen molar-refractivity contribution in [3.05, 3.63) is 89.0 Å². The number of fused-ring (bicyclic) bond motifs is 1. The lowest BCUT2D eigenvalue weighted by molar-refractivity contribution is 0.0996. The van der Waals surface area contributed by atoms with Gasteiger partial charge >= 0.3 is 0 Å². The highest BCUT2D eigenvalue weighted by atomic mass is 35.5. The Morgan fingerprint density at radius 1 is 0.923 bits per heavy atom. The Morgan fingerprint density at radius 3 is 2.42 bits per heavy atom. The van der Waals surface area contributed by atoms with Crippen molar-refractivity contribution in [2.75, 3.05) is 5.32 Å². The van der Waals surface area contributed by atoms with Crippen LogP contribution in [0.25, 0.3) is 11.0 Å². The molecule has 5 nitrogen and oxygen atoms in total. The summed E-state index contributed by atoms with van der Waals surface area (Å²) in [5.74, 6) is -0.632. The zero-order chi connectivity index (χ0) is 18.1. The van der Waals surface area contributed by atoms with Crippen LogP contribution in [-0.4, -0.2) is 11.7 Å². The fourth-order valence-electron chi connectivity index (χ4n) is 2.64. The van der Waals surface area contributed by atoms with Gasteiger partial charge < -0.3 is 14.2 Å². The Morgan fingerprint density at radius 2 is 1.69 bits per heavy atom. The van der Waals surface area contributed by atoms with Gasteiger partial charge in [-0.05, 0) is 48.5 Å². The lowest BCUT2D eigenvalue weighted by Gasteiger charge is -2.04. The highest BCUT2D eigenvalue weighted by molar-refractivity contribution is 6.30. The summed E-state index contributed by atoms with van der Waals surface area (Å²) >= 11 is 5.88. The summed E-state index contributed by atoms with van der Waals surface area (Å²) in [5, 5.41) is 3.88. The van der Waals surface area contributed by atoms with Crippen LogP contribution < -0.4 is 5.32 Å². The first kappa shape index (κ1) is 16.2. The minimum atomic E-state index is -0.466. The van der Waals surface area contributed by atoms with E-state index in [-0.39, 0.29) is 17.3 Å². The fourth-order valence-corrected chi connectivity index (χ4v) is 2.77. The predicted octanol–water partition coefficient (Wildman–Crippen LogP) is 5.16. The van der Waals surface area contributed by atoms with E-state index >= 15 is 0 Å². The smallest absolute Gasteiger partial charge is 0.291 e. The normalized spacial score (nSPS) is 10.8. The first-order chi connectivity index (χ1) is 12.6. The van der Waals surface area contributed by atoms with Crippen molar-refractivity contribution in [2.45, 2.75) is 0 Å². The Labute approximate surface area is 153 Å². The van der Waals surface area contributed by atoms with E-state index in [4.69, 9.17) is 20.4 Å². The van der Waals surface area contributed by atoms with E-state index in [0.29, 0.717) is 27.2 Å². The molecule has 0 aliphatic heterocycles. The zero-order valence-corrected chi connectivity index (χ0v) is 14.1. The van der Waals surface area contributed by atoms with Crippen molar-refractivity contribution in [1.29, 1.82) is 0 Å². The SMILES string of the molecule is O=C(Nc1c(C(=O)c2ccc(Cl)cc2)oc2ccccc12)c1ccco1. The third kappa shape index (κ3) is 2.89. The van der Waals surface area contributed by atoms with Gasteiger partial charge in [-0.1, -0.05) is 23.7 Å². The van der Waals surface area contributed by atoms with Crippen LogP contribution in [0.5, 0.6) is 0 Å². The van der Waals surface area contributed by atoms with Crippen molar-refractivity contribution in [1.82, 2.24) is 0 Å². The predicted molar refractivity (Wildman–Crippen MR) is 97.8 cm³/mol. The second-order valence-corrected chi connectivity index (χ2v) is 6.01. The highest BCUT2D eigenvalue weighted by Crippen LogP contribution is 2.33. The lowest BCUT2D eigenvalue weighted by atomic mass is 10.1. The van der Waals surface area contributed by atoms with Crippen LogP contribution in [0.15, 0.2) is 75.8 Å². The second kappa shape index (κ2) is 6.54. The van der Waals surface area contributed by atoms with Gasteiger partial charge in [-0.3, -0.25) is 9.59 Å². The minimum absolute atomic E-state index is 0.0495. The molecule has 4 aromatic rings. The molecule has 2 aromatic heterocycles. The molecule has 6 heteroatoms. The van der Waals surface area contributed by atoms with Crippen molar-refractivity contribution >= 4 is 39.9 Å². The summed E-state index contributed by atoms with van der Waals surface area (Å²) in [6.45, 7) is 0. The van der Waals surface area contributed by atoms with Crippen molar-refractivity contribution < 1.29 is 18.4 Å². The number of benzene rings is 2. The molecular weight excluding hydrogens is 354 g/mol. The fraction of sp³-hybridized carbons (Fsp3) is 0. The van der Waals surface area contributed by atoms with E-state index in [9.17, 15) is 9.59 Å². The Balaban J connectivity index is 1.80. The third-order valence-electron chi connectivity index (χ3n) is 3.89. The van der Waals surface area contributed by atoms with Gasteiger partial charge in [-0.25, -0.2) is 0 Å². The summed E-state index contributed by atoms with van der Waals surface area (Å²) in [4.78, 5) is 25.3. The van der Waals surface area contributed by atoms with Gasteiger partial charge in [-0.15, -0.1) is 0 Å². The monoisotopic (exact) mass is 365 g/mol. The Bertz CT molecular complexity index is 1090. The summed E-state index contributed by atoms with van der Waals surface area (Å²) in [7, 11) is 0. The molecule has 128 valence electrons. The minimum Gasteiger partial charge on any atom is -0.459 e. The topological polar surface area (TPSA) is 72.5 Å². The molecular formula is C20H12ClNO4. The standard InChI is InChI=1S/C20H12ClNO4/c21-13-9-7-12(8-10-13)18(23)19-17(14-4-1-2-5-15(14)26-19)22-20(24)16-6-3-11-25-16/h1-11H,(H,22,24). The summed E-state index contributed by atoms with van der Waals surface area (Å²) < 4.78 is 10.8. The first-order valence-electron chi connectivity index (χ1n) is 7.80. The molecule has 0 radical (unpaired) electrons. The molecule has 26 heavy (non-hydrogen) atoms. The van der Waals surface area contributed by atoms with Crippen LogP contribution >= 0.6 is 11.6 Å². The molecule has 1 N–H and O–H groups in total. The van der Waals surface area contributed by atoms with Crippen LogP contribution in [0, 0.1) is 0 Å². The Kier molecular flexibility index (Phi) is 4.07. The van der Waals surface area contributed by atoms with E-state index < -0.39 is 5.91 Å². The van der Waals surface area contributed by atoms with Gasteiger partial charge in [-0.2, -0.15) is 0 Å². The molecule has 2 aromatic carbocycles. The number of carbonyl (C=O) groups is 2. The van der Waals surface area contributed by atoms with Crippen molar-refractivity contribution in [3.8, 4) is 0 Å². The number of anilines is 1. The Hall–Kier alpha value is -3.31. The second-order valence-electron chi connectivity index (χ2n) is 5.57. The molecule has 4 rings (SSSR count). The molecule has 0 saturated carbocycles. The maximum Gasteiger partial charge on any atom is 0.291 e. The van der Waals surface area contributed by atoms with Crippen LogP contribution in [-0.2, 0) is 0 Å². The average molecular weight is 366 g/mol. The van der Waals surface area contributed by atoms with Gasteiger partial charge in [0.1, 0.15) is 5.58 Å². The molecule has 0 atom stereocenters. The number of rotatable bonds is 4. The molecule has 0 aliphatic rings. The van der Waals surface area contributed by atoms with Crippen molar-refractivity contribution in [3.63, 3.8) is 0 Å². The van der Waals surface area contributed by atoms with Crippen LogP contribution in [0.3, 0.4) is 0 Å². The largest absolute Gasteiger partial charge is 0.459 e. The molecule has 0 spiro atoms. The number of nitrogens with one attached hydrogen (secondary N) is 1. The molecule has 1 amide bonds. The summed E-state index contributed by atoms with van der Waals surface area (Å²) in [6, 6.07) is 16.7. The number of halogens is 1. The molecule has 0 bridgehead atoms. The number of ketones is 1. The van der Waals surface area contributed by atoms with Crippen LogP contribution in [0.1, 0.15) is 26.7 Å². The van der Waals surface area contributed by atoms with Gasteiger partial charge in [0.2, 0.25) is 5.78 Å². The summed E-state index contributed by atoms with van der Waals surface area (Å²) in [6.07, 6.45) is 1.40. The number of furan rings is 2. The van der Waals surface area contributed by atoms with E-state index in [1.165, 1.54) is 12.3 Å². The van der Waals surface area contributed by atoms with E-state index in [2.05, 4.69) is 5.32 Å². The number of para-hydroxylation sites is 1. The van der Waals surface area contributed by atoms with Gasteiger partial charge in [0.05, 0.1) is 12.0 Å². The molecule has 0 unspecified atom stereocenters. The van der Waals surface area contributed by atoms with Crippen LogP contribution in [0.2, 0.25) is 5.02 Å². The number of amides is 1. The molecule has 0 fully saturated rings. The molecule has 0 aliphatic carbocycles. The van der Waals surface area contributed by atoms with Crippen molar-refractivity contribution in [2.24, 2.45) is 0 Å². The highest BCUT2D eigenvalue weighted by Gasteiger charge is 2.24. The zero-order valence-electron chi connectivity index (χ0n) is 13.4. The van der Waals surface area contributed by atoms with E-state index in [1.807, 2.05) is 0 Å². The maximum absolute atomic E-state index is 12.9. The van der Waals surface area contributed by atoms with Crippen LogP contribution in [0.4, 0.5) is 5.69 Å². The summed E-state index contributed by atoms with van der Waals surface area (Å²) in [5.41, 5.74) is 1.21. The van der Waals surface area contributed by atoms with Gasteiger partial charge in [0, 0.05) is 16.0 Å². The number of hydrogen-bond acceptors (Lipinski definition) is 4. The number of carbonyl (C=O) groups excluding carboxylic acids is 2. The van der Waals surface area contributed by atoms with Gasteiger partial charge in [0.25, 0.3) is 5.91 Å². The number of hydrogen-bond donors (Lipinski definition) is 1.